The maximum atomic E-state index is 11.4. The van der Waals surface area contributed by atoms with Crippen LogP contribution in [0.5, 0.6) is 0 Å². The zero-order valence-corrected chi connectivity index (χ0v) is 10.5. The molecule has 92 valence electrons. The van der Waals surface area contributed by atoms with Crippen LogP contribution in [0.15, 0.2) is 53.5 Å². The summed E-state index contributed by atoms with van der Waals surface area (Å²) >= 11 is 0. The molecule has 0 bridgehead atoms. The Labute approximate surface area is 109 Å². The highest BCUT2D eigenvalue weighted by Crippen LogP contribution is 2.30. The van der Waals surface area contributed by atoms with E-state index >= 15 is 0 Å². The molecule has 0 unspecified atom stereocenters. The predicted molar refractivity (Wildman–Crippen MR) is 78.6 cm³/mol. The zero-order chi connectivity index (χ0) is 13.0. The van der Waals surface area contributed by atoms with Crippen LogP contribution in [0, 0.1) is 0 Å². The first-order valence-electron chi connectivity index (χ1n) is 6.24. The first-order valence-corrected chi connectivity index (χ1v) is 6.24. The summed E-state index contributed by atoms with van der Waals surface area (Å²) in [4.78, 5) is 14.1. The van der Waals surface area contributed by atoms with Gasteiger partial charge in [0.25, 0.3) is 0 Å². The molecule has 19 heavy (non-hydrogen) atoms. The third-order valence-electron chi connectivity index (χ3n) is 3.77. The molecule has 0 aliphatic heterocycles. The number of nitrogens with one attached hydrogen (secondary N) is 1. The molecule has 3 heteroatoms. The van der Waals surface area contributed by atoms with Gasteiger partial charge < -0.3 is 9.55 Å². The molecule has 2 aromatic heterocycles. The number of aromatic nitrogens is 2. The van der Waals surface area contributed by atoms with Crippen molar-refractivity contribution in [2.75, 3.05) is 0 Å². The summed E-state index contributed by atoms with van der Waals surface area (Å²) in [6, 6.07) is 14.2. The number of aromatic amines is 1. The van der Waals surface area contributed by atoms with Crippen molar-refractivity contribution >= 4 is 32.6 Å². The van der Waals surface area contributed by atoms with Crippen molar-refractivity contribution in [1.29, 1.82) is 0 Å². The molecule has 0 atom stereocenters. The summed E-state index contributed by atoms with van der Waals surface area (Å²) in [6.45, 7) is 0. The van der Waals surface area contributed by atoms with Crippen LogP contribution < -0.4 is 5.56 Å². The highest BCUT2D eigenvalue weighted by atomic mass is 16.1. The third kappa shape index (κ3) is 1.35. The summed E-state index contributed by atoms with van der Waals surface area (Å²) < 4.78 is 2.17. The number of nitrogens with zero attached hydrogens (tertiary/aromatic N) is 1. The van der Waals surface area contributed by atoms with Crippen LogP contribution in [0.25, 0.3) is 32.6 Å². The third-order valence-corrected chi connectivity index (χ3v) is 3.77. The van der Waals surface area contributed by atoms with E-state index in [4.69, 9.17) is 0 Å². The minimum Gasteiger partial charge on any atom is -0.344 e. The molecule has 0 spiro atoms. The average Bonchev–Trinajstić information content (AvgIpc) is 2.70. The van der Waals surface area contributed by atoms with E-state index in [0.717, 1.165) is 16.3 Å². The van der Waals surface area contributed by atoms with Gasteiger partial charge in [0, 0.05) is 41.1 Å². The fraction of sp³-hybridized carbons (Fsp3) is 0.0625. The van der Waals surface area contributed by atoms with Gasteiger partial charge >= 0.3 is 0 Å². The van der Waals surface area contributed by atoms with Crippen LogP contribution in [0.4, 0.5) is 0 Å². The molecule has 0 saturated carbocycles. The lowest BCUT2D eigenvalue weighted by molar-refractivity contribution is 1.02. The van der Waals surface area contributed by atoms with Gasteiger partial charge in [-0.2, -0.15) is 0 Å². The van der Waals surface area contributed by atoms with Gasteiger partial charge in [-0.1, -0.05) is 18.2 Å². The van der Waals surface area contributed by atoms with Crippen molar-refractivity contribution in [2.24, 2.45) is 7.05 Å². The Morgan fingerprint density at radius 2 is 1.79 bits per heavy atom. The first-order chi connectivity index (χ1) is 9.24. The molecule has 0 amide bonds. The molecular weight excluding hydrogens is 236 g/mol. The molecule has 4 aromatic rings. The van der Waals surface area contributed by atoms with Gasteiger partial charge in [0.2, 0.25) is 5.56 Å². The topological polar surface area (TPSA) is 37.8 Å². The Bertz CT molecular complexity index is 992. The van der Waals surface area contributed by atoms with Gasteiger partial charge in [-0.25, -0.2) is 0 Å². The molecule has 2 heterocycles. The number of fused-ring (bicyclic) bond motifs is 4. The van der Waals surface area contributed by atoms with Crippen LogP contribution >= 0.6 is 0 Å². The fourth-order valence-corrected chi connectivity index (χ4v) is 2.82. The summed E-state index contributed by atoms with van der Waals surface area (Å²) in [7, 11) is 2.06. The Morgan fingerprint density at radius 1 is 0.947 bits per heavy atom. The maximum Gasteiger partial charge on any atom is 0.248 e. The SMILES string of the molecule is Cn1c2ccccc2c2cc3c[nH]c(=O)cc3cc21. The second-order valence-corrected chi connectivity index (χ2v) is 4.87. The van der Waals surface area contributed by atoms with Crippen LogP contribution in [-0.4, -0.2) is 9.55 Å². The van der Waals surface area contributed by atoms with Crippen LogP contribution in [0.1, 0.15) is 0 Å². The van der Waals surface area contributed by atoms with Gasteiger partial charge in [-0.3, -0.25) is 4.79 Å². The maximum absolute atomic E-state index is 11.4. The minimum absolute atomic E-state index is 0.0642. The van der Waals surface area contributed by atoms with Crippen LogP contribution in [0.2, 0.25) is 0 Å². The number of aryl methyl sites for hydroxylation is 1. The lowest BCUT2D eigenvalue weighted by Crippen LogP contribution is -2.01. The van der Waals surface area contributed by atoms with E-state index in [2.05, 4.69) is 46.9 Å². The van der Waals surface area contributed by atoms with Gasteiger partial charge in [0.1, 0.15) is 0 Å². The molecule has 3 nitrogen and oxygen atoms in total. The lowest BCUT2D eigenvalue weighted by Gasteiger charge is -2.00. The van der Waals surface area contributed by atoms with Crippen molar-refractivity contribution in [1.82, 2.24) is 9.55 Å². The first kappa shape index (κ1) is 10.4. The minimum atomic E-state index is -0.0642. The van der Waals surface area contributed by atoms with E-state index in [0.29, 0.717) is 0 Å². The summed E-state index contributed by atoms with van der Waals surface area (Å²) in [5.41, 5.74) is 2.30. The molecule has 4 rings (SSSR count). The Kier molecular flexibility index (Phi) is 1.90. The van der Waals surface area contributed by atoms with E-state index in [1.165, 1.54) is 16.3 Å². The van der Waals surface area contributed by atoms with E-state index in [1.54, 1.807) is 12.3 Å². The van der Waals surface area contributed by atoms with Gasteiger partial charge in [0.05, 0.1) is 0 Å². The summed E-state index contributed by atoms with van der Waals surface area (Å²) in [5, 5.41) is 4.50. The number of pyridine rings is 1. The molecule has 1 N–H and O–H groups in total. The lowest BCUT2D eigenvalue weighted by atomic mass is 10.1. The molecule has 2 aromatic carbocycles. The average molecular weight is 248 g/mol. The monoisotopic (exact) mass is 248 g/mol. The molecule has 0 fully saturated rings. The Hall–Kier alpha value is -2.55. The number of para-hydroxylation sites is 1. The number of hydrogen-bond donors (Lipinski definition) is 1. The second kappa shape index (κ2) is 3.48. The summed E-state index contributed by atoms with van der Waals surface area (Å²) in [6.07, 6.45) is 1.78. The van der Waals surface area contributed by atoms with E-state index < -0.39 is 0 Å². The molecule has 0 aliphatic carbocycles. The van der Waals surface area contributed by atoms with Crippen molar-refractivity contribution in [3.8, 4) is 0 Å². The number of H-pyrrole nitrogens is 1. The predicted octanol–water partition coefficient (Wildman–Crippen LogP) is 3.17. The van der Waals surface area contributed by atoms with Crippen molar-refractivity contribution in [3.63, 3.8) is 0 Å². The largest absolute Gasteiger partial charge is 0.344 e. The Balaban J connectivity index is 2.31. The summed E-state index contributed by atoms with van der Waals surface area (Å²) in [5.74, 6) is 0. The van der Waals surface area contributed by atoms with E-state index in [-0.39, 0.29) is 5.56 Å². The smallest absolute Gasteiger partial charge is 0.248 e. The quantitative estimate of drug-likeness (QED) is 0.510. The standard InChI is InChI=1S/C16H12N2O/c1-18-14-5-3-2-4-12(14)13-6-11-9-17-16(19)8-10(11)7-15(13)18/h2-9H,1H3,(H,17,19). The van der Waals surface area contributed by atoms with Crippen molar-refractivity contribution in [2.45, 2.75) is 0 Å². The number of benzene rings is 2. The fourth-order valence-electron chi connectivity index (χ4n) is 2.82. The molecular formula is C16H12N2O. The van der Waals surface area contributed by atoms with E-state index in [1.807, 2.05) is 6.07 Å². The highest BCUT2D eigenvalue weighted by Gasteiger charge is 2.08. The number of rotatable bonds is 0. The molecule has 0 aliphatic rings. The highest BCUT2D eigenvalue weighted by molar-refractivity contribution is 6.12. The van der Waals surface area contributed by atoms with Gasteiger partial charge in [-0.05, 0) is 29.0 Å². The Morgan fingerprint density at radius 3 is 2.68 bits per heavy atom. The van der Waals surface area contributed by atoms with Crippen LogP contribution in [0.3, 0.4) is 0 Å². The molecule has 0 saturated heterocycles. The second-order valence-electron chi connectivity index (χ2n) is 4.87. The molecule has 0 radical (unpaired) electrons. The number of hydrogen-bond acceptors (Lipinski definition) is 1. The van der Waals surface area contributed by atoms with Crippen molar-refractivity contribution < 1.29 is 0 Å². The van der Waals surface area contributed by atoms with Crippen LogP contribution in [-0.2, 0) is 7.05 Å². The van der Waals surface area contributed by atoms with Crippen molar-refractivity contribution in [3.05, 3.63) is 59.0 Å². The van der Waals surface area contributed by atoms with Gasteiger partial charge in [-0.15, -0.1) is 0 Å². The normalized spacial score (nSPS) is 11.6. The zero-order valence-electron chi connectivity index (χ0n) is 10.5. The van der Waals surface area contributed by atoms with E-state index in [9.17, 15) is 4.79 Å². The van der Waals surface area contributed by atoms with Gasteiger partial charge in [0.15, 0.2) is 0 Å².